The lowest BCUT2D eigenvalue weighted by atomic mass is 9.92. The Morgan fingerprint density at radius 2 is 1.77 bits per heavy atom. The first kappa shape index (κ1) is 13.4. The summed E-state index contributed by atoms with van der Waals surface area (Å²) in [6.45, 7) is 4.81. The van der Waals surface area contributed by atoms with Crippen LogP contribution in [0.1, 0.15) is 51.9 Å². The molecule has 0 aromatic carbocycles. The molecule has 0 bridgehead atoms. The normalized spacial score (nSPS) is 18.2. The highest BCUT2D eigenvalue weighted by Crippen LogP contribution is 2.19. The first-order valence-electron chi connectivity index (χ1n) is 5.64. The lowest BCUT2D eigenvalue weighted by molar-refractivity contribution is 0.342. The highest BCUT2D eigenvalue weighted by molar-refractivity contribution is 8.93. The summed E-state index contributed by atoms with van der Waals surface area (Å²) in [6.07, 6.45) is 10.1. The van der Waals surface area contributed by atoms with Crippen LogP contribution in [0.25, 0.3) is 0 Å². The molecule has 1 nitrogen and oxygen atoms in total. The van der Waals surface area contributed by atoms with Crippen molar-refractivity contribution in [1.29, 1.82) is 0 Å². The molecule has 0 spiro atoms. The van der Waals surface area contributed by atoms with E-state index in [0.717, 1.165) is 5.92 Å². The average Bonchev–Trinajstić information content (AvgIpc) is 2.14. The highest BCUT2D eigenvalue weighted by atomic mass is 79.9. The smallest absolute Gasteiger partial charge is 0.00463 e. The minimum atomic E-state index is 0. The lowest BCUT2D eigenvalue weighted by Gasteiger charge is -2.22. The summed E-state index contributed by atoms with van der Waals surface area (Å²) in [5, 5.41) is 3.42. The Balaban J connectivity index is 0.00000144. The van der Waals surface area contributed by atoms with E-state index in [1.54, 1.807) is 0 Å². The number of nitrogens with one attached hydrogen (secondary N) is 1. The molecule has 1 heterocycles. The van der Waals surface area contributed by atoms with Crippen LogP contribution in [0, 0.1) is 5.92 Å². The Morgan fingerprint density at radius 3 is 2.38 bits per heavy atom. The predicted molar refractivity (Wildman–Crippen MR) is 64.7 cm³/mol. The molecule has 0 saturated carbocycles. The van der Waals surface area contributed by atoms with Gasteiger partial charge in [-0.25, -0.2) is 0 Å². The predicted octanol–water partition coefficient (Wildman–Crippen LogP) is 3.53. The molecular formula is C11H24BrN. The minimum Gasteiger partial charge on any atom is -0.317 e. The molecule has 0 amide bonds. The molecule has 0 aromatic rings. The van der Waals surface area contributed by atoms with Gasteiger partial charge in [0.05, 0.1) is 0 Å². The van der Waals surface area contributed by atoms with Crippen molar-refractivity contribution in [2.24, 2.45) is 5.92 Å². The molecule has 1 aliphatic heterocycles. The van der Waals surface area contributed by atoms with Gasteiger partial charge in [-0.2, -0.15) is 0 Å². The molecule has 1 saturated heterocycles. The molecule has 2 heteroatoms. The van der Waals surface area contributed by atoms with Crippen molar-refractivity contribution in [3.05, 3.63) is 0 Å². The lowest BCUT2D eigenvalue weighted by Crippen LogP contribution is -2.27. The zero-order valence-corrected chi connectivity index (χ0v) is 10.6. The Hall–Kier alpha value is 0.440. The third-order valence-electron chi connectivity index (χ3n) is 2.92. The summed E-state index contributed by atoms with van der Waals surface area (Å²) in [5.41, 5.74) is 0. The first-order valence-corrected chi connectivity index (χ1v) is 5.64. The van der Waals surface area contributed by atoms with Gasteiger partial charge >= 0.3 is 0 Å². The minimum absolute atomic E-state index is 0. The molecule has 0 aromatic heterocycles. The van der Waals surface area contributed by atoms with Gasteiger partial charge in [0, 0.05) is 0 Å². The van der Waals surface area contributed by atoms with Crippen molar-refractivity contribution >= 4 is 17.0 Å². The van der Waals surface area contributed by atoms with E-state index >= 15 is 0 Å². The maximum atomic E-state index is 3.42. The van der Waals surface area contributed by atoms with E-state index in [4.69, 9.17) is 0 Å². The van der Waals surface area contributed by atoms with E-state index in [1.807, 2.05) is 0 Å². The van der Waals surface area contributed by atoms with Gasteiger partial charge in [-0.1, -0.05) is 39.0 Å². The average molecular weight is 250 g/mol. The maximum absolute atomic E-state index is 3.42. The fourth-order valence-corrected chi connectivity index (χ4v) is 2.03. The summed E-state index contributed by atoms with van der Waals surface area (Å²) in [4.78, 5) is 0. The van der Waals surface area contributed by atoms with E-state index in [-0.39, 0.29) is 17.0 Å². The van der Waals surface area contributed by atoms with Crippen LogP contribution in [0.15, 0.2) is 0 Å². The van der Waals surface area contributed by atoms with Gasteiger partial charge in [0.2, 0.25) is 0 Å². The van der Waals surface area contributed by atoms with Gasteiger partial charge in [-0.15, -0.1) is 17.0 Å². The molecule has 1 aliphatic rings. The fourth-order valence-electron chi connectivity index (χ4n) is 2.03. The monoisotopic (exact) mass is 249 g/mol. The highest BCUT2D eigenvalue weighted by Gasteiger charge is 2.11. The van der Waals surface area contributed by atoms with Crippen molar-refractivity contribution in [3.8, 4) is 0 Å². The van der Waals surface area contributed by atoms with E-state index in [2.05, 4.69) is 12.2 Å². The molecule has 0 radical (unpaired) electrons. The van der Waals surface area contributed by atoms with Gasteiger partial charge in [0.1, 0.15) is 0 Å². The van der Waals surface area contributed by atoms with Crippen molar-refractivity contribution < 1.29 is 0 Å². The quantitative estimate of drug-likeness (QED) is 0.736. The number of rotatable bonds is 5. The number of halogens is 1. The van der Waals surface area contributed by atoms with Crippen LogP contribution in [0.2, 0.25) is 0 Å². The first-order chi connectivity index (χ1) is 5.93. The zero-order valence-electron chi connectivity index (χ0n) is 8.85. The molecule has 1 rings (SSSR count). The Morgan fingerprint density at radius 1 is 1.08 bits per heavy atom. The van der Waals surface area contributed by atoms with Gasteiger partial charge in [0.25, 0.3) is 0 Å². The van der Waals surface area contributed by atoms with Gasteiger partial charge in [-0.3, -0.25) is 0 Å². The zero-order chi connectivity index (χ0) is 8.65. The second kappa shape index (κ2) is 9.01. The van der Waals surface area contributed by atoms with Crippen molar-refractivity contribution in [2.75, 3.05) is 13.1 Å². The van der Waals surface area contributed by atoms with E-state index in [9.17, 15) is 0 Å². The van der Waals surface area contributed by atoms with E-state index in [0.29, 0.717) is 0 Å². The molecule has 80 valence electrons. The van der Waals surface area contributed by atoms with Crippen LogP contribution in [0.4, 0.5) is 0 Å². The second-order valence-electron chi connectivity index (χ2n) is 4.04. The largest absolute Gasteiger partial charge is 0.317 e. The topological polar surface area (TPSA) is 12.0 Å². The van der Waals surface area contributed by atoms with E-state index < -0.39 is 0 Å². The third-order valence-corrected chi connectivity index (χ3v) is 2.92. The van der Waals surface area contributed by atoms with Crippen LogP contribution in [-0.2, 0) is 0 Å². The fraction of sp³-hybridized carbons (Fsp3) is 1.00. The molecule has 0 aliphatic carbocycles. The molecule has 1 fully saturated rings. The number of hydrogen-bond acceptors (Lipinski definition) is 1. The number of hydrogen-bond donors (Lipinski definition) is 1. The number of piperidine rings is 1. The maximum Gasteiger partial charge on any atom is -0.00463 e. The molecular weight excluding hydrogens is 226 g/mol. The van der Waals surface area contributed by atoms with E-state index in [1.165, 1.54) is 58.0 Å². The SMILES string of the molecule is Br.CCCCCCC1CCNCC1. The Bertz CT molecular complexity index is 100. The summed E-state index contributed by atoms with van der Waals surface area (Å²) >= 11 is 0. The summed E-state index contributed by atoms with van der Waals surface area (Å²) in [7, 11) is 0. The van der Waals surface area contributed by atoms with Crippen LogP contribution in [0.5, 0.6) is 0 Å². The molecule has 1 N–H and O–H groups in total. The Labute approximate surface area is 93.4 Å². The van der Waals surface area contributed by atoms with Crippen LogP contribution < -0.4 is 5.32 Å². The third kappa shape index (κ3) is 6.50. The molecule has 0 unspecified atom stereocenters. The van der Waals surface area contributed by atoms with Gasteiger partial charge in [-0.05, 0) is 31.8 Å². The standard InChI is InChI=1S/C11H23N.BrH/c1-2-3-4-5-6-11-7-9-12-10-8-11;/h11-12H,2-10H2,1H3;1H. The summed E-state index contributed by atoms with van der Waals surface area (Å²) in [5.74, 6) is 1.04. The van der Waals surface area contributed by atoms with Crippen molar-refractivity contribution in [1.82, 2.24) is 5.32 Å². The number of unbranched alkanes of at least 4 members (excludes halogenated alkanes) is 3. The van der Waals surface area contributed by atoms with Gasteiger partial charge < -0.3 is 5.32 Å². The molecule has 0 atom stereocenters. The summed E-state index contributed by atoms with van der Waals surface area (Å²) < 4.78 is 0. The van der Waals surface area contributed by atoms with Crippen LogP contribution >= 0.6 is 17.0 Å². The second-order valence-corrected chi connectivity index (χ2v) is 4.04. The molecule has 13 heavy (non-hydrogen) atoms. The summed E-state index contributed by atoms with van der Waals surface area (Å²) in [6, 6.07) is 0. The van der Waals surface area contributed by atoms with Gasteiger partial charge in [0.15, 0.2) is 0 Å². The Kier molecular flexibility index (Phi) is 9.32. The van der Waals surface area contributed by atoms with Crippen molar-refractivity contribution in [2.45, 2.75) is 51.9 Å². The van der Waals surface area contributed by atoms with Crippen LogP contribution in [-0.4, -0.2) is 13.1 Å². The van der Waals surface area contributed by atoms with Crippen LogP contribution in [0.3, 0.4) is 0 Å². The van der Waals surface area contributed by atoms with Crippen molar-refractivity contribution in [3.63, 3.8) is 0 Å².